The van der Waals surface area contributed by atoms with Crippen molar-refractivity contribution in [1.82, 2.24) is 0 Å². The second-order valence-corrected chi connectivity index (χ2v) is 5.68. The monoisotopic (exact) mass is 258 g/mol. The van der Waals surface area contributed by atoms with Gasteiger partial charge in [0.25, 0.3) is 5.76 Å². The first-order valence-electron chi connectivity index (χ1n) is 5.18. The zero-order valence-corrected chi connectivity index (χ0v) is 10.9. The lowest BCUT2D eigenvalue weighted by atomic mass is 9.95. The Hall–Kier alpha value is -1.10. The Morgan fingerprint density at radius 2 is 1.76 bits per heavy atom. The summed E-state index contributed by atoms with van der Waals surface area (Å²) in [5.41, 5.74) is 6.31. The van der Waals surface area contributed by atoms with Gasteiger partial charge in [-0.3, -0.25) is 0 Å². The van der Waals surface area contributed by atoms with Gasteiger partial charge in [-0.1, -0.05) is 32.5 Å². The number of aliphatic imine (C=N–C) groups is 1. The molecule has 0 aromatic heterocycles. The van der Waals surface area contributed by atoms with E-state index in [2.05, 4.69) is 4.99 Å². The third-order valence-corrected chi connectivity index (χ3v) is 2.80. The average molecular weight is 258 g/mol. The van der Waals surface area contributed by atoms with Crippen LogP contribution in [-0.4, -0.2) is 11.6 Å². The summed E-state index contributed by atoms with van der Waals surface area (Å²) in [7, 11) is 0. The minimum Gasteiger partial charge on any atom is -0.387 e. The standard InChI is InChI=1S/C12H16F2N2S/c1-12(2,3)10(15)16-8-4-6-9(7-5-8)17-11(13)14/h4-7,11H,1-3H3,(H2,15,16). The second kappa shape index (κ2) is 5.49. The number of alkyl halides is 2. The molecule has 17 heavy (non-hydrogen) atoms. The van der Waals surface area contributed by atoms with Gasteiger partial charge < -0.3 is 5.73 Å². The summed E-state index contributed by atoms with van der Waals surface area (Å²) < 4.78 is 24.2. The summed E-state index contributed by atoms with van der Waals surface area (Å²) in [4.78, 5) is 4.77. The van der Waals surface area contributed by atoms with Crippen LogP contribution in [-0.2, 0) is 0 Å². The van der Waals surface area contributed by atoms with E-state index in [1.165, 1.54) is 0 Å². The predicted molar refractivity (Wildman–Crippen MR) is 69.0 cm³/mol. The van der Waals surface area contributed by atoms with Crippen molar-refractivity contribution in [2.24, 2.45) is 16.1 Å². The van der Waals surface area contributed by atoms with Crippen molar-refractivity contribution in [3.63, 3.8) is 0 Å². The molecular formula is C12H16F2N2S. The number of rotatable bonds is 3. The molecule has 0 aliphatic rings. The number of thioether (sulfide) groups is 1. The third-order valence-electron chi connectivity index (χ3n) is 2.08. The lowest BCUT2D eigenvalue weighted by molar-refractivity contribution is 0.252. The maximum absolute atomic E-state index is 12.1. The van der Waals surface area contributed by atoms with Crippen LogP contribution < -0.4 is 5.73 Å². The van der Waals surface area contributed by atoms with E-state index >= 15 is 0 Å². The second-order valence-electron chi connectivity index (χ2n) is 4.62. The first-order chi connectivity index (χ1) is 7.79. The van der Waals surface area contributed by atoms with Crippen LogP contribution in [0.15, 0.2) is 34.2 Å². The van der Waals surface area contributed by atoms with Crippen LogP contribution in [0.5, 0.6) is 0 Å². The van der Waals surface area contributed by atoms with Crippen molar-refractivity contribution in [3.05, 3.63) is 24.3 Å². The zero-order valence-electron chi connectivity index (χ0n) is 10.1. The summed E-state index contributed by atoms with van der Waals surface area (Å²) in [5, 5.41) is 0. The highest BCUT2D eigenvalue weighted by atomic mass is 32.2. The van der Waals surface area contributed by atoms with E-state index in [1.807, 2.05) is 20.8 Å². The van der Waals surface area contributed by atoms with Crippen LogP contribution in [0.3, 0.4) is 0 Å². The van der Waals surface area contributed by atoms with E-state index in [-0.39, 0.29) is 5.41 Å². The highest BCUT2D eigenvalue weighted by Gasteiger charge is 2.15. The molecule has 94 valence electrons. The van der Waals surface area contributed by atoms with Gasteiger partial charge in [0.15, 0.2) is 0 Å². The third kappa shape index (κ3) is 4.73. The first kappa shape index (κ1) is 14.0. The number of benzene rings is 1. The molecule has 0 radical (unpaired) electrons. The van der Waals surface area contributed by atoms with E-state index < -0.39 is 5.76 Å². The van der Waals surface area contributed by atoms with E-state index in [9.17, 15) is 8.78 Å². The van der Waals surface area contributed by atoms with Crippen molar-refractivity contribution in [1.29, 1.82) is 0 Å². The van der Waals surface area contributed by atoms with Gasteiger partial charge in [-0.15, -0.1) is 0 Å². The van der Waals surface area contributed by atoms with Gasteiger partial charge in [-0.25, -0.2) is 4.99 Å². The summed E-state index contributed by atoms with van der Waals surface area (Å²) in [5.74, 6) is -1.88. The van der Waals surface area contributed by atoms with Gasteiger partial charge >= 0.3 is 0 Å². The highest BCUT2D eigenvalue weighted by Crippen LogP contribution is 2.27. The minimum atomic E-state index is -2.40. The maximum atomic E-state index is 12.1. The average Bonchev–Trinajstić information content (AvgIpc) is 2.18. The fourth-order valence-electron chi connectivity index (χ4n) is 1.01. The molecule has 0 saturated heterocycles. The van der Waals surface area contributed by atoms with Gasteiger partial charge in [0.05, 0.1) is 5.69 Å². The van der Waals surface area contributed by atoms with E-state index in [0.29, 0.717) is 28.2 Å². The summed E-state index contributed by atoms with van der Waals surface area (Å²) in [6.45, 7) is 5.90. The molecule has 0 amide bonds. The molecule has 0 aliphatic heterocycles. The Kier molecular flexibility index (Phi) is 4.51. The van der Waals surface area contributed by atoms with Crippen LogP contribution in [0.4, 0.5) is 14.5 Å². The first-order valence-corrected chi connectivity index (χ1v) is 6.06. The van der Waals surface area contributed by atoms with Crippen LogP contribution in [0.2, 0.25) is 0 Å². The SMILES string of the molecule is CC(C)(C)C(N)=Nc1ccc(SC(F)F)cc1. The summed E-state index contributed by atoms with van der Waals surface area (Å²) in [6, 6.07) is 6.60. The number of hydrogen-bond donors (Lipinski definition) is 1. The molecule has 1 aromatic rings. The number of amidine groups is 1. The number of halogens is 2. The Bertz CT molecular complexity index is 394. The number of nitrogens with two attached hydrogens (primary N) is 1. The van der Waals surface area contributed by atoms with Crippen molar-refractivity contribution in [3.8, 4) is 0 Å². The van der Waals surface area contributed by atoms with E-state index in [0.717, 1.165) is 0 Å². The normalized spacial score (nSPS) is 13.2. The summed E-state index contributed by atoms with van der Waals surface area (Å²) in [6.07, 6.45) is 0. The molecule has 2 nitrogen and oxygen atoms in total. The quantitative estimate of drug-likeness (QED) is 0.505. The van der Waals surface area contributed by atoms with Crippen LogP contribution in [0, 0.1) is 5.41 Å². The molecule has 0 unspecified atom stereocenters. The number of hydrogen-bond acceptors (Lipinski definition) is 2. The fourth-order valence-corrected chi connectivity index (χ4v) is 1.51. The van der Waals surface area contributed by atoms with Gasteiger partial charge in [0, 0.05) is 10.3 Å². The molecule has 0 aliphatic carbocycles. The molecule has 0 spiro atoms. The number of nitrogens with zero attached hydrogens (tertiary/aromatic N) is 1. The maximum Gasteiger partial charge on any atom is 0.288 e. The lowest BCUT2D eigenvalue weighted by Crippen LogP contribution is -2.28. The molecule has 0 saturated carbocycles. The van der Waals surface area contributed by atoms with Crippen molar-refractivity contribution < 1.29 is 8.78 Å². The molecule has 0 atom stereocenters. The van der Waals surface area contributed by atoms with Crippen LogP contribution in [0.25, 0.3) is 0 Å². The topological polar surface area (TPSA) is 38.4 Å². The zero-order chi connectivity index (χ0) is 13.1. The van der Waals surface area contributed by atoms with Gasteiger partial charge in [0.1, 0.15) is 5.84 Å². The molecule has 5 heteroatoms. The highest BCUT2D eigenvalue weighted by molar-refractivity contribution is 7.99. The van der Waals surface area contributed by atoms with Crippen LogP contribution in [0.1, 0.15) is 20.8 Å². The molecule has 2 N–H and O–H groups in total. The van der Waals surface area contributed by atoms with Gasteiger partial charge in [-0.2, -0.15) is 8.78 Å². The molecular weight excluding hydrogens is 242 g/mol. The molecule has 1 rings (SSSR count). The van der Waals surface area contributed by atoms with Crippen molar-refractivity contribution in [2.45, 2.75) is 31.4 Å². The fraction of sp³-hybridized carbons (Fsp3) is 0.417. The van der Waals surface area contributed by atoms with E-state index in [4.69, 9.17) is 5.73 Å². The van der Waals surface area contributed by atoms with Crippen LogP contribution >= 0.6 is 11.8 Å². The smallest absolute Gasteiger partial charge is 0.288 e. The molecule has 0 bridgehead atoms. The molecule has 0 fully saturated rings. The van der Waals surface area contributed by atoms with Crippen molar-refractivity contribution in [2.75, 3.05) is 0 Å². The Balaban J connectivity index is 2.82. The Morgan fingerprint density at radius 3 is 2.18 bits per heavy atom. The largest absolute Gasteiger partial charge is 0.387 e. The Morgan fingerprint density at radius 1 is 1.24 bits per heavy atom. The Labute approximate surface area is 104 Å². The summed E-state index contributed by atoms with van der Waals surface area (Å²) >= 11 is 0.519. The van der Waals surface area contributed by atoms with Gasteiger partial charge in [-0.05, 0) is 24.3 Å². The minimum absolute atomic E-state index is 0.198. The molecule has 1 aromatic carbocycles. The molecule has 0 heterocycles. The van der Waals surface area contributed by atoms with Crippen molar-refractivity contribution >= 4 is 23.3 Å². The lowest BCUT2D eigenvalue weighted by Gasteiger charge is -2.17. The van der Waals surface area contributed by atoms with E-state index in [1.54, 1.807) is 24.3 Å². The van der Waals surface area contributed by atoms with Gasteiger partial charge in [0.2, 0.25) is 0 Å². The predicted octanol–water partition coefficient (Wildman–Crippen LogP) is 4.04.